The average molecular weight is 283 g/mol. The lowest BCUT2D eigenvalue weighted by Gasteiger charge is -2.38. The Morgan fingerprint density at radius 3 is 2.50 bits per heavy atom. The number of hydrogen-bond acceptors (Lipinski definition) is 3. The zero-order valence-corrected chi connectivity index (χ0v) is 13.4. The summed E-state index contributed by atoms with van der Waals surface area (Å²) >= 11 is 0. The number of hydrogen-bond donors (Lipinski definition) is 3. The van der Waals surface area contributed by atoms with Gasteiger partial charge in [-0.25, -0.2) is 0 Å². The first kappa shape index (κ1) is 17.0. The molecule has 1 atom stereocenters. The van der Waals surface area contributed by atoms with Gasteiger partial charge in [-0.2, -0.15) is 0 Å². The Labute approximate surface area is 122 Å². The zero-order valence-electron chi connectivity index (χ0n) is 13.4. The fourth-order valence-electron chi connectivity index (χ4n) is 2.54. The molecule has 116 valence electrons. The lowest BCUT2D eigenvalue weighted by atomic mass is 9.77. The first-order valence-electron chi connectivity index (χ1n) is 7.44. The monoisotopic (exact) mass is 283 g/mol. The summed E-state index contributed by atoms with van der Waals surface area (Å²) < 4.78 is 0. The third-order valence-corrected chi connectivity index (χ3v) is 3.56. The third-order valence-electron chi connectivity index (χ3n) is 3.56. The largest absolute Gasteiger partial charge is 0.354 e. The van der Waals surface area contributed by atoms with Crippen LogP contribution in [0.2, 0.25) is 0 Å². The van der Waals surface area contributed by atoms with E-state index in [0.29, 0.717) is 13.0 Å². The number of nitrogens with one attached hydrogen (secondary N) is 3. The van der Waals surface area contributed by atoms with Gasteiger partial charge in [0.15, 0.2) is 0 Å². The molecular formula is C15H29N3O2. The molecule has 0 spiro atoms. The molecule has 3 N–H and O–H groups in total. The Bertz CT molecular complexity index is 359. The van der Waals surface area contributed by atoms with Crippen molar-refractivity contribution < 1.29 is 9.59 Å². The predicted molar refractivity (Wildman–Crippen MR) is 80.3 cm³/mol. The standard InChI is InChI=1S/C15H29N3O2/c1-14(2,3)18-11(19)7-10-17-13(20)12-15(4,5)8-6-9-16-12/h12,16H,6-10H2,1-5H3,(H,17,20)(H,18,19). The molecule has 0 aliphatic carbocycles. The summed E-state index contributed by atoms with van der Waals surface area (Å²) in [6.07, 6.45) is 2.46. The van der Waals surface area contributed by atoms with Gasteiger partial charge in [0.05, 0.1) is 6.04 Å². The second-order valence-corrected chi connectivity index (χ2v) is 7.32. The SMILES string of the molecule is CC(C)(C)NC(=O)CCNC(=O)C1NCCCC1(C)C. The predicted octanol–water partition coefficient (Wildman–Crippen LogP) is 1.19. The van der Waals surface area contributed by atoms with Crippen LogP contribution in [0.3, 0.4) is 0 Å². The molecule has 1 fully saturated rings. The third kappa shape index (κ3) is 5.49. The van der Waals surface area contributed by atoms with Crippen molar-refractivity contribution in [3.8, 4) is 0 Å². The smallest absolute Gasteiger partial charge is 0.237 e. The highest BCUT2D eigenvalue weighted by Gasteiger charge is 2.36. The molecular weight excluding hydrogens is 254 g/mol. The highest BCUT2D eigenvalue weighted by atomic mass is 16.2. The molecule has 1 aliphatic rings. The number of piperidine rings is 1. The lowest BCUT2D eigenvalue weighted by molar-refractivity contribution is -0.127. The highest BCUT2D eigenvalue weighted by molar-refractivity contribution is 5.83. The summed E-state index contributed by atoms with van der Waals surface area (Å²) in [6.45, 7) is 11.3. The number of amides is 2. The van der Waals surface area contributed by atoms with E-state index in [0.717, 1.165) is 19.4 Å². The quantitative estimate of drug-likeness (QED) is 0.726. The summed E-state index contributed by atoms with van der Waals surface area (Å²) in [4.78, 5) is 23.8. The Hall–Kier alpha value is -1.10. The Balaban J connectivity index is 2.35. The molecule has 1 saturated heterocycles. The Morgan fingerprint density at radius 2 is 1.95 bits per heavy atom. The molecule has 1 aliphatic heterocycles. The molecule has 0 aromatic carbocycles. The molecule has 5 heteroatoms. The van der Waals surface area contributed by atoms with E-state index in [4.69, 9.17) is 0 Å². The van der Waals surface area contributed by atoms with Gasteiger partial charge in [0, 0.05) is 18.5 Å². The molecule has 0 aromatic rings. The maximum atomic E-state index is 12.2. The van der Waals surface area contributed by atoms with E-state index < -0.39 is 0 Å². The maximum Gasteiger partial charge on any atom is 0.237 e. The summed E-state index contributed by atoms with van der Waals surface area (Å²) in [6, 6.07) is -0.165. The van der Waals surface area contributed by atoms with Crippen molar-refractivity contribution in [2.45, 2.75) is 65.5 Å². The molecule has 1 unspecified atom stereocenters. The zero-order chi connectivity index (χ0) is 15.4. The van der Waals surface area contributed by atoms with Crippen LogP contribution in [0, 0.1) is 5.41 Å². The first-order valence-corrected chi connectivity index (χ1v) is 7.44. The average Bonchev–Trinajstić information content (AvgIpc) is 2.25. The van der Waals surface area contributed by atoms with Crippen molar-refractivity contribution >= 4 is 11.8 Å². The van der Waals surface area contributed by atoms with Crippen molar-refractivity contribution in [1.82, 2.24) is 16.0 Å². The molecule has 0 bridgehead atoms. The van der Waals surface area contributed by atoms with Crippen LogP contribution in [-0.2, 0) is 9.59 Å². The molecule has 0 radical (unpaired) electrons. The van der Waals surface area contributed by atoms with Crippen LogP contribution in [0.25, 0.3) is 0 Å². The van der Waals surface area contributed by atoms with Gasteiger partial charge >= 0.3 is 0 Å². The number of rotatable bonds is 4. The minimum Gasteiger partial charge on any atom is -0.354 e. The minimum absolute atomic E-state index is 0.00161. The van der Waals surface area contributed by atoms with Gasteiger partial charge in [0.1, 0.15) is 0 Å². The molecule has 1 rings (SSSR count). The molecule has 2 amide bonds. The van der Waals surface area contributed by atoms with E-state index in [1.807, 2.05) is 20.8 Å². The van der Waals surface area contributed by atoms with Gasteiger partial charge < -0.3 is 16.0 Å². The maximum absolute atomic E-state index is 12.2. The minimum atomic E-state index is -0.228. The summed E-state index contributed by atoms with van der Waals surface area (Å²) in [7, 11) is 0. The van der Waals surface area contributed by atoms with Crippen LogP contribution in [0.4, 0.5) is 0 Å². The fourth-order valence-corrected chi connectivity index (χ4v) is 2.54. The van der Waals surface area contributed by atoms with E-state index in [9.17, 15) is 9.59 Å². The number of carbonyl (C=O) groups is 2. The molecule has 1 heterocycles. The van der Waals surface area contributed by atoms with E-state index in [-0.39, 0.29) is 28.8 Å². The number of carbonyl (C=O) groups excluding carboxylic acids is 2. The van der Waals surface area contributed by atoms with Crippen LogP contribution in [0.1, 0.15) is 53.9 Å². The van der Waals surface area contributed by atoms with Crippen molar-refractivity contribution in [3.05, 3.63) is 0 Å². The van der Waals surface area contributed by atoms with E-state index >= 15 is 0 Å². The van der Waals surface area contributed by atoms with Gasteiger partial charge in [-0.1, -0.05) is 13.8 Å². The van der Waals surface area contributed by atoms with Crippen molar-refractivity contribution in [2.24, 2.45) is 5.41 Å². The molecule has 0 saturated carbocycles. The molecule has 0 aromatic heterocycles. The summed E-state index contributed by atoms with van der Waals surface area (Å²) in [5.41, 5.74) is -0.260. The van der Waals surface area contributed by atoms with Crippen LogP contribution >= 0.6 is 0 Å². The lowest BCUT2D eigenvalue weighted by Crippen LogP contribution is -2.55. The second kappa shape index (κ2) is 6.57. The summed E-state index contributed by atoms with van der Waals surface area (Å²) in [5, 5.41) is 9.02. The van der Waals surface area contributed by atoms with Gasteiger partial charge in [0.2, 0.25) is 11.8 Å². The Kier molecular flexibility index (Phi) is 5.57. The Morgan fingerprint density at radius 1 is 1.30 bits per heavy atom. The van der Waals surface area contributed by atoms with Crippen LogP contribution in [-0.4, -0.2) is 36.5 Å². The summed E-state index contributed by atoms with van der Waals surface area (Å²) in [5.74, 6) is -0.0353. The van der Waals surface area contributed by atoms with Gasteiger partial charge in [0.25, 0.3) is 0 Å². The molecule has 20 heavy (non-hydrogen) atoms. The van der Waals surface area contributed by atoms with E-state index in [1.165, 1.54) is 0 Å². The van der Waals surface area contributed by atoms with Gasteiger partial charge in [-0.05, 0) is 45.6 Å². The van der Waals surface area contributed by atoms with Crippen molar-refractivity contribution in [2.75, 3.05) is 13.1 Å². The van der Waals surface area contributed by atoms with Gasteiger partial charge in [-0.3, -0.25) is 9.59 Å². The first-order chi connectivity index (χ1) is 9.12. The van der Waals surface area contributed by atoms with Crippen molar-refractivity contribution in [3.63, 3.8) is 0 Å². The van der Waals surface area contributed by atoms with E-state index in [2.05, 4.69) is 29.8 Å². The van der Waals surface area contributed by atoms with Crippen LogP contribution < -0.4 is 16.0 Å². The van der Waals surface area contributed by atoms with Crippen molar-refractivity contribution in [1.29, 1.82) is 0 Å². The highest BCUT2D eigenvalue weighted by Crippen LogP contribution is 2.29. The fraction of sp³-hybridized carbons (Fsp3) is 0.867. The normalized spacial score (nSPS) is 22.1. The topological polar surface area (TPSA) is 70.2 Å². The van der Waals surface area contributed by atoms with Crippen LogP contribution in [0.15, 0.2) is 0 Å². The van der Waals surface area contributed by atoms with Gasteiger partial charge in [-0.15, -0.1) is 0 Å². The molecule has 5 nitrogen and oxygen atoms in total. The van der Waals surface area contributed by atoms with E-state index in [1.54, 1.807) is 0 Å². The van der Waals surface area contributed by atoms with Crippen LogP contribution in [0.5, 0.6) is 0 Å². The second-order valence-electron chi connectivity index (χ2n) is 7.32.